The van der Waals surface area contributed by atoms with Crippen molar-refractivity contribution < 1.29 is 14.2 Å². The van der Waals surface area contributed by atoms with Crippen LogP contribution in [0.3, 0.4) is 0 Å². The lowest BCUT2D eigenvalue weighted by Gasteiger charge is -2.28. The first kappa shape index (κ1) is 16.8. The summed E-state index contributed by atoms with van der Waals surface area (Å²) in [6.07, 6.45) is 0. The minimum atomic E-state index is -0.385. The van der Waals surface area contributed by atoms with E-state index in [2.05, 4.69) is 6.07 Å². The van der Waals surface area contributed by atoms with Crippen LogP contribution in [0.4, 0.5) is 0 Å². The van der Waals surface area contributed by atoms with Gasteiger partial charge in [-0.1, -0.05) is 42.5 Å². The van der Waals surface area contributed by atoms with E-state index >= 15 is 0 Å². The molecule has 3 aromatic carbocycles. The quantitative estimate of drug-likeness (QED) is 0.763. The predicted octanol–water partition coefficient (Wildman–Crippen LogP) is 4.08. The Morgan fingerprint density at radius 2 is 1.78 bits per heavy atom. The zero-order valence-electron chi connectivity index (χ0n) is 15.0. The molecule has 1 atom stereocenters. The molecule has 0 unspecified atom stereocenters. The van der Waals surface area contributed by atoms with E-state index in [0.29, 0.717) is 22.8 Å². The van der Waals surface area contributed by atoms with Crippen LogP contribution in [-0.2, 0) is 0 Å². The van der Waals surface area contributed by atoms with Crippen molar-refractivity contribution in [2.24, 2.45) is 5.73 Å². The Hall–Kier alpha value is -3.65. The van der Waals surface area contributed by atoms with Gasteiger partial charge in [0.2, 0.25) is 5.88 Å². The minimum absolute atomic E-state index is 0.115. The summed E-state index contributed by atoms with van der Waals surface area (Å²) in [5.74, 6) is 1.71. The molecule has 4 rings (SSSR count). The lowest BCUT2D eigenvalue weighted by Crippen LogP contribution is -2.21. The smallest absolute Gasteiger partial charge is 0.205 e. The van der Waals surface area contributed by atoms with Gasteiger partial charge in [-0.15, -0.1) is 0 Å². The molecule has 5 nitrogen and oxygen atoms in total. The molecule has 1 aliphatic rings. The van der Waals surface area contributed by atoms with E-state index in [-0.39, 0.29) is 11.8 Å². The van der Waals surface area contributed by atoms with Gasteiger partial charge in [0.15, 0.2) is 0 Å². The number of methoxy groups -OCH3 is 2. The lowest BCUT2D eigenvalue weighted by molar-refractivity contribution is 0.383. The maximum atomic E-state index is 9.76. The third-order valence-corrected chi connectivity index (χ3v) is 4.86. The molecular weight excluding hydrogens is 340 g/mol. The summed E-state index contributed by atoms with van der Waals surface area (Å²) < 4.78 is 16.8. The Bertz CT molecular complexity index is 1110. The second-order valence-electron chi connectivity index (χ2n) is 6.24. The highest BCUT2D eigenvalue weighted by Crippen LogP contribution is 2.47. The topological polar surface area (TPSA) is 77.5 Å². The van der Waals surface area contributed by atoms with Crippen LogP contribution in [0.2, 0.25) is 0 Å². The largest absolute Gasteiger partial charge is 0.497 e. The molecule has 0 fully saturated rings. The van der Waals surface area contributed by atoms with Crippen molar-refractivity contribution in [2.75, 3.05) is 14.2 Å². The number of hydrogen-bond donors (Lipinski definition) is 1. The SMILES string of the molecule is COc1ccc([C@@H]2C(C#N)=C(N)Oc3c2ccc2ccccc32)c(OC)c1. The fourth-order valence-electron chi connectivity index (χ4n) is 3.56. The molecule has 0 aromatic heterocycles. The van der Waals surface area contributed by atoms with Crippen LogP contribution in [0, 0.1) is 11.3 Å². The molecule has 0 radical (unpaired) electrons. The van der Waals surface area contributed by atoms with Gasteiger partial charge in [0, 0.05) is 22.6 Å². The van der Waals surface area contributed by atoms with Gasteiger partial charge in [0.05, 0.1) is 20.1 Å². The molecular formula is C22H18N2O3. The summed E-state index contributed by atoms with van der Waals surface area (Å²) in [5.41, 5.74) is 8.21. The maximum absolute atomic E-state index is 9.76. The number of ether oxygens (including phenoxy) is 3. The van der Waals surface area contributed by atoms with E-state index in [1.54, 1.807) is 20.3 Å². The van der Waals surface area contributed by atoms with Crippen molar-refractivity contribution in [3.05, 3.63) is 77.2 Å². The first-order chi connectivity index (χ1) is 13.2. The molecule has 0 amide bonds. The lowest BCUT2D eigenvalue weighted by atomic mass is 9.82. The Balaban J connectivity index is 2.00. The second kappa shape index (κ2) is 6.58. The second-order valence-corrected chi connectivity index (χ2v) is 6.24. The van der Waals surface area contributed by atoms with Crippen LogP contribution < -0.4 is 19.9 Å². The highest BCUT2D eigenvalue weighted by Gasteiger charge is 2.33. The Morgan fingerprint density at radius 1 is 1.00 bits per heavy atom. The van der Waals surface area contributed by atoms with Gasteiger partial charge in [0.25, 0.3) is 0 Å². The number of allylic oxidation sites excluding steroid dienone is 1. The van der Waals surface area contributed by atoms with E-state index in [1.807, 2.05) is 48.5 Å². The average molecular weight is 358 g/mol. The van der Waals surface area contributed by atoms with Crippen LogP contribution in [-0.4, -0.2) is 14.2 Å². The monoisotopic (exact) mass is 358 g/mol. The van der Waals surface area contributed by atoms with Crippen LogP contribution in [0.25, 0.3) is 10.8 Å². The molecule has 5 heteroatoms. The van der Waals surface area contributed by atoms with Gasteiger partial charge in [-0.2, -0.15) is 5.26 Å². The van der Waals surface area contributed by atoms with E-state index in [4.69, 9.17) is 19.9 Å². The molecule has 3 aromatic rings. The maximum Gasteiger partial charge on any atom is 0.205 e. The van der Waals surface area contributed by atoms with Crippen molar-refractivity contribution in [3.63, 3.8) is 0 Å². The number of nitriles is 1. The van der Waals surface area contributed by atoms with Crippen LogP contribution in [0.5, 0.6) is 17.2 Å². The molecule has 1 heterocycles. The molecule has 1 aliphatic heterocycles. The predicted molar refractivity (Wildman–Crippen MR) is 103 cm³/mol. The van der Waals surface area contributed by atoms with E-state index in [9.17, 15) is 5.26 Å². The van der Waals surface area contributed by atoms with Gasteiger partial charge < -0.3 is 19.9 Å². The van der Waals surface area contributed by atoms with Gasteiger partial charge in [0.1, 0.15) is 28.9 Å². The molecule has 27 heavy (non-hydrogen) atoms. The van der Waals surface area contributed by atoms with Crippen LogP contribution in [0.15, 0.2) is 66.1 Å². The van der Waals surface area contributed by atoms with Crippen molar-refractivity contribution in [1.82, 2.24) is 0 Å². The first-order valence-corrected chi connectivity index (χ1v) is 8.49. The molecule has 0 saturated carbocycles. The average Bonchev–Trinajstić information content (AvgIpc) is 2.72. The Labute approximate surface area is 157 Å². The summed E-state index contributed by atoms with van der Waals surface area (Å²) in [6, 6.07) is 19.7. The summed E-state index contributed by atoms with van der Waals surface area (Å²) in [5, 5.41) is 11.8. The first-order valence-electron chi connectivity index (χ1n) is 8.49. The van der Waals surface area contributed by atoms with Gasteiger partial charge >= 0.3 is 0 Å². The summed E-state index contributed by atoms with van der Waals surface area (Å²) in [7, 11) is 3.20. The number of nitrogens with two attached hydrogens (primary N) is 1. The van der Waals surface area contributed by atoms with Crippen molar-refractivity contribution in [3.8, 4) is 23.3 Å². The number of nitrogens with zero attached hydrogens (tertiary/aromatic N) is 1. The number of fused-ring (bicyclic) bond motifs is 3. The third-order valence-electron chi connectivity index (χ3n) is 4.86. The molecule has 134 valence electrons. The Morgan fingerprint density at radius 3 is 2.52 bits per heavy atom. The van der Waals surface area contributed by atoms with Crippen molar-refractivity contribution in [1.29, 1.82) is 5.26 Å². The van der Waals surface area contributed by atoms with E-state index in [1.165, 1.54) is 0 Å². The van der Waals surface area contributed by atoms with Gasteiger partial charge in [-0.3, -0.25) is 0 Å². The normalized spacial score (nSPS) is 15.7. The summed E-state index contributed by atoms with van der Waals surface area (Å²) in [6.45, 7) is 0. The number of rotatable bonds is 3. The highest BCUT2D eigenvalue weighted by molar-refractivity contribution is 5.91. The molecule has 2 N–H and O–H groups in total. The summed E-state index contributed by atoms with van der Waals surface area (Å²) in [4.78, 5) is 0. The van der Waals surface area contributed by atoms with E-state index < -0.39 is 0 Å². The molecule has 0 saturated heterocycles. The Kier molecular flexibility index (Phi) is 4.09. The van der Waals surface area contributed by atoms with Crippen molar-refractivity contribution in [2.45, 2.75) is 5.92 Å². The van der Waals surface area contributed by atoms with Gasteiger partial charge in [-0.25, -0.2) is 0 Å². The molecule has 0 aliphatic carbocycles. The van der Waals surface area contributed by atoms with Gasteiger partial charge in [-0.05, 0) is 11.5 Å². The highest BCUT2D eigenvalue weighted by atomic mass is 16.5. The number of hydrogen-bond acceptors (Lipinski definition) is 5. The standard InChI is InChI=1S/C22H18N2O3/c1-25-14-8-10-16(19(11-14)26-2)20-17-9-7-13-5-3-4-6-15(13)21(17)27-22(24)18(20)12-23/h3-11,20H,24H2,1-2H3/t20-/m0/s1. The van der Waals surface area contributed by atoms with Crippen molar-refractivity contribution >= 4 is 10.8 Å². The molecule has 0 spiro atoms. The number of benzene rings is 3. The zero-order chi connectivity index (χ0) is 19.0. The fourth-order valence-corrected chi connectivity index (χ4v) is 3.56. The van der Waals surface area contributed by atoms with Crippen LogP contribution >= 0.6 is 0 Å². The minimum Gasteiger partial charge on any atom is -0.497 e. The van der Waals surface area contributed by atoms with Crippen LogP contribution in [0.1, 0.15) is 17.0 Å². The van der Waals surface area contributed by atoms with E-state index in [0.717, 1.165) is 21.9 Å². The fraction of sp³-hybridized carbons (Fsp3) is 0.136. The zero-order valence-corrected chi connectivity index (χ0v) is 15.0. The molecule has 0 bridgehead atoms. The third kappa shape index (κ3) is 2.63. The summed E-state index contributed by atoms with van der Waals surface area (Å²) >= 11 is 0.